The van der Waals surface area contributed by atoms with Gasteiger partial charge in [0.15, 0.2) is 5.15 Å². The van der Waals surface area contributed by atoms with Crippen LogP contribution >= 0.6 is 11.6 Å². The molecule has 0 aliphatic heterocycles. The molecule has 3 N–H and O–H groups in total. The minimum absolute atomic E-state index is 0.181. The van der Waals surface area contributed by atoms with Crippen LogP contribution in [0.25, 0.3) is 0 Å². The number of halogens is 1. The molecule has 0 atom stereocenters. The van der Waals surface area contributed by atoms with Crippen LogP contribution in [0.2, 0.25) is 5.15 Å². The van der Waals surface area contributed by atoms with Crippen molar-refractivity contribution in [3.05, 3.63) is 81.9 Å². The van der Waals surface area contributed by atoms with Crippen molar-refractivity contribution < 1.29 is 19.8 Å². The fourth-order valence-corrected chi connectivity index (χ4v) is 3.59. The summed E-state index contributed by atoms with van der Waals surface area (Å²) in [6, 6.07) is 13.4. The molecule has 0 spiro atoms. The number of carboxylic acid groups (broad SMARTS) is 2. The number of hydrogen-bond donors (Lipinski definition) is 3. The lowest BCUT2D eigenvalue weighted by Crippen LogP contribution is -2.13. The Labute approximate surface area is 185 Å². The normalized spacial score (nSPS) is 10.8. The number of unbranched alkanes of at least 4 members (excludes halogenated alkanes) is 1. The predicted octanol–water partition coefficient (Wildman–Crippen LogP) is 4.94. The Balaban J connectivity index is 1.90. The van der Waals surface area contributed by atoms with Crippen molar-refractivity contribution in [2.24, 2.45) is 0 Å². The molecular formula is C23H24ClN3O4. The Kier molecular flexibility index (Phi) is 7.31. The van der Waals surface area contributed by atoms with Crippen LogP contribution in [-0.4, -0.2) is 31.7 Å². The minimum Gasteiger partial charge on any atom is -0.478 e. The molecule has 0 fully saturated rings. The van der Waals surface area contributed by atoms with Crippen molar-refractivity contribution in [1.82, 2.24) is 9.55 Å². The van der Waals surface area contributed by atoms with E-state index < -0.39 is 11.9 Å². The van der Waals surface area contributed by atoms with Crippen LogP contribution in [0, 0.1) is 0 Å². The third kappa shape index (κ3) is 5.44. The van der Waals surface area contributed by atoms with Crippen molar-refractivity contribution in [2.45, 2.75) is 39.3 Å². The number of rotatable bonds is 10. The first-order valence-electron chi connectivity index (χ1n) is 10.0. The standard InChI is InChI=1S/C23H24ClN3O4/c1-2-3-8-20-26-21(24)19(13-25-18-7-5-4-6-17(18)23(30)31)27(20)14-15-9-11-16(12-10-15)22(28)29/h4-7,9-12,25H,2-3,8,13-14H2,1H3,(H,28,29)(H,30,31). The van der Waals surface area contributed by atoms with Crippen molar-refractivity contribution in [3.8, 4) is 0 Å². The number of carboxylic acids is 2. The Morgan fingerprint density at radius 2 is 1.77 bits per heavy atom. The predicted molar refractivity (Wildman–Crippen MR) is 119 cm³/mol. The number of para-hydroxylation sites is 1. The zero-order valence-electron chi connectivity index (χ0n) is 17.1. The SMILES string of the molecule is CCCCc1nc(Cl)c(CNc2ccccc2C(=O)O)n1Cc1ccc(C(=O)O)cc1. The molecule has 0 aliphatic rings. The summed E-state index contributed by atoms with van der Waals surface area (Å²) in [5, 5.41) is 22.1. The van der Waals surface area contributed by atoms with Crippen LogP contribution in [0.1, 0.15) is 57.6 Å². The van der Waals surface area contributed by atoms with E-state index in [-0.39, 0.29) is 11.1 Å². The summed E-state index contributed by atoms with van der Waals surface area (Å²) >= 11 is 6.46. The van der Waals surface area contributed by atoms with E-state index in [2.05, 4.69) is 17.2 Å². The van der Waals surface area contributed by atoms with Crippen LogP contribution in [0.5, 0.6) is 0 Å². The summed E-state index contributed by atoms with van der Waals surface area (Å²) < 4.78 is 2.02. The van der Waals surface area contributed by atoms with E-state index >= 15 is 0 Å². The van der Waals surface area contributed by atoms with Gasteiger partial charge in [-0.3, -0.25) is 0 Å². The monoisotopic (exact) mass is 441 g/mol. The molecule has 0 unspecified atom stereocenters. The van der Waals surface area contributed by atoms with E-state index in [1.165, 1.54) is 0 Å². The first kappa shape index (κ1) is 22.4. The molecule has 0 amide bonds. The summed E-state index contributed by atoms with van der Waals surface area (Å²) in [6.07, 6.45) is 2.73. The maximum absolute atomic E-state index is 11.5. The summed E-state index contributed by atoms with van der Waals surface area (Å²) in [6.45, 7) is 2.89. The van der Waals surface area contributed by atoms with Crippen LogP contribution in [0.3, 0.4) is 0 Å². The molecule has 3 aromatic rings. The van der Waals surface area contributed by atoms with E-state index in [9.17, 15) is 14.7 Å². The Morgan fingerprint density at radius 3 is 2.42 bits per heavy atom. The summed E-state index contributed by atoms with van der Waals surface area (Å²) in [7, 11) is 0. The summed E-state index contributed by atoms with van der Waals surface area (Å²) in [4.78, 5) is 27.1. The molecule has 1 aromatic heterocycles. The van der Waals surface area contributed by atoms with Crippen LogP contribution in [0.4, 0.5) is 5.69 Å². The number of nitrogens with one attached hydrogen (secondary N) is 1. The van der Waals surface area contributed by atoms with Gasteiger partial charge < -0.3 is 20.1 Å². The van der Waals surface area contributed by atoms with Gasteiger partial charge in [0.1, 0.15) is 5.82 Å². The number of nitrogens with zero attached hydrogens (tertiary/aromatic N) is 2. The lowest BCUT2D eigenvalue weighted by molar-refractivity contribution is 0.0686. The molecule has 8 heteroatoms. The fourth-order valence-electron chi connectivity index (χ4n) is 3.32. The zero-order chi connectivity index (χ0) is 22.4. The molecule has 0 radical (unpaired) electrons. The van der Waals surface area contributed by atoms with Crippen molar-refractivity contribution >= 4 is 29.2 Å². The van der Waals surface area contributed by atoms with Gasteiger partial charge in [0.25, 0.3) is 0 Å². The van der Waals surface area contributed by atoms with Crippen molar-refractivity contribution in [2.75, 3.05) is 5.32 Å². The highest BCUT2D eigenvalue weighted by Gasteiger charge is 2.17. The van der Waals surface area contributed by atoms with Gasteiger partial charge in [-0.2, -0.15) is 0 Å². The highest BCUT2D eigenvalue weighted by Crippen LogP contribution is 2.23. The number of carbonyl (C=O) groups is 2. The lowest BCUT2D eigenvalue weighted by Gasteiger charge is -2.15. The number of hydrogen-bond acceptors (Lipinski definition) is 4. The molecule has 162 valence electrons. The van der Waals surface area contributed by atoms with Crippen LogP contribution in [-0.2, 0) is 19.5 Å². The molecule has 31 heavy (non-hydrogen) atoms. The van der Waals surface area contributed by atoms with Gasteiger partial charge in [0, 0.05) is 18.7 Å². The highest BCUT2D eigenvalue weighted by atomic mass is 35.5. The molecule has 1 heterocycles. The van der Waals surface area contributed by atoms with Gasteiger partial charge >= 0.3 is 11.9 Å². The van der Waals surface area contributed by atoms with Gasteiger partial charge in [0.2, 0.25) is 0 Å². The second kappa shape index (κ2) is 10.1. The zero-order valence-corrected chi connectivity index (χ0v) is 17.9. The van der Waals surface area contributed by atoms with E-state index in [1.807, 2.05) is 4.57 Å². The number of benzene rings is 2. The molecule has 0 saturated carbocycles. The first-order chi connectivity index (χ1) is 14.9. The third-order valence-corrected chi connectivity index (χ3v) is 5.30. The maximum atomic E-state index is 11.5. The fraction of sp³-hybridized carbons (Fsp3) is 0.261. The van der Waals surface area contributed by atoms with E-state index in [4.69, 9.17) is 16.7 Å². The van der Waals surface area contributed by atoms with E-state index in [0.717, 1.165) is 36.3 Å². The van der Waals surface area contributed by atoms with Crippen molar-refractivity contribution in [1.29, 1.82) is 0 Å². The maximum Gasteiger partial charge on any atom is 0.337 e. The van der Waals surface area contributed by atoms with Crippen LogP contribution in [0.15, 0.2) is 48.5 Å². The number of aromatic nitrogens is 2. The minimum atomic E-state index is -1.01. The average Bonchev–Trinajstić information content (AvgIpc) is 3.05. The van der Waals surface area contributed by atoms with E-state index in [0.29, 0.717) is 23.9 Å². The largest absolute Gasteiger partial charge is 0.478 e. The molecule has 0 bridgehead atoms. The quantitative estimate of drug-likeness (QED) is 0.411. The molecule has 0 saturated heterocycles. The average molecular weight is 442 g/mol. The third-order valence-electron chi connectivity index (χ3n) is 5.00. The van der Waals surface area contributed by atoms with Gasteiger partial charge in [-0.1, -0.05) is 49.2 Å². The Bertz CT molecular complexity index is 1080. The summed E-state index contributed by atoms with van der Waals surface area (Å²) in [5.41, 5.74) is 2.57. The second-order valence-electron chi connectivity index (χ2n) is 7.16. The number of imidazole rings is 1. The number of aromatic carboxylic acids is 2. The van der Waals surface area contributed by atoms with E-state index in [1.54, 1.807) is 48.5 Å². The lowest BCUT2D eigenvalue weighted by atomic mass is 10.1. The van der Waals surface area contributed by atoms with Gasteiger partial charge in [0.05, 0.1) is 23.4 Å². The van der Waals surface area contributed by atoms with Gasteiger partial charge in [-0.15, -0.1) is 0 Å². The topological polar surface area (TPSA) is 104 Å². The molecule has 2 aromatic carbocycles. The number of aryl methyl sites for hydroxylation is 1. The smallest absolute Gasteiger partial charge is 0.337 e. The number of anilines is 1. The first-order valence-corrected chi connectivity index (χ1v) is 10.4. The highest BCUT2D eigenvalue weighted by molar-refractivity contribution is 6.30. The van der Waals surface area contributed by atoms with Gasteiger partial charge in [-0.25, -0.2) is 14.6 Å². The molecule has 3 rings (SSSR count). The Morgan fingerprint density at radius 1 is 1.06 bits per heavy atom. The Hall–Kier alpha value is -3.32. The molecule has 7 nitrogen and oxygen atoms in total. The van der Waals surface area contributed by atoms with Crippen molar-refractivity contribution in [3.63, 3.8) is 0 Å². The second-order valence-corrected chi connectivity index (χ2v) is 7.52. The summed E-state index contributed by atoms with van der Waals surface area (Å²) in [5.74, 6) is -1.13. The van der Waals surface area contributed by atoms with Gasteiger partial charge in [-0.05, 0) is 36.2 Å². The van der Waals surface area contributed by atoms with Crippen LogP contribution < -0.4 is 5.32 Å². The molecular weight excluding hydrogens is 418 g/mol. The molecule has 0 aliphatic carbocycles.